The summed E-state index contributed by atoms with van der Waals surface area (Å²) in [6, 6.07) is 0. The third-order valence-electron chi connectivity index (χ3n) is 4.44. The van der Waals surface area contributed by atoms with E-state index in [4.69, 9.17) is 0 Å². The maximum atomic E-state index is 3.77. The summed E-state index contributed by atoms with van der Waals surface area (Å²) in [6.07, 6.45) is 7.03. The Kier molecular flexibility index (Phi) is 6.96. The van der Waals surface area contributed by atoms with Crippen LogP contribution in [0.15, 0.2) is 0 Å². The zero-order valence-electron chi connectivity index (χ0n) is 14.8. The van der Waals surface area contributed by atoms with Crippen molar-refractivity contribution in [1.82, 2.24) is 15.1 Å². The lowest BCUT2D eigenvalue weighted by Gasteiger charge is -2.42. The van der Waals surface area contributed by atoms with E-state index in [-0.39, 0.29) is 5.54 Å². The van der Waals surface area contributed by atoms with Crippen molar-refractivity contribution in [2.24, 2.45) is 5.41 Å². The van der Waals surface area contributed by atoms with Crippen molar-refractivity contribution >= 4 is 0 Å². The number of nitrogens with one attached hydrogen (secondary N) is 1. The van der Waals surface area contributed by atoms with Gasteiger partial charge in [0.2, 0.25) is 0 Å². The fraction of sp³-hybridized carbons (Fsp3) is 1.00. The smallest absolute Gasteiger partial charge is 0.0106 e. The molecule has 3 nitrogen and oxygen atoms in total. The van der Waals surface area contributed by atoms with Gasteiger partial charge in [0.15, 0.2) is 0 Å². The fourth-order valence-electron chi connectivity index (χ4n) is 3.17. The van der Waals surface area contributed by atoms with Crippen molar-refractivity contribution < 1.29 is 0 Å². The van der Waals surface area contributed by atoms with E-state index < -0.39 is 0 Å². The molecule has 20 heavy (non-hydrogen) atoms. The molecule has 0 aromatic carbocycles. The van der Waals surface area contributed by atoms with Crippen LogP contribution in [0.25, 0.3) is 0 Å². The van der Waals surface area contributed by atoms with Crippen molar-refractivity contribution in [2.75, 3.05) is 47.3 Å². The molecule has 1 aliphatic rings. The highest BCUT2D eigenvalue weighted by Gasteiger charge is 2.33. The molecule has 1 rings (SSSR count). The topological polar surface area (TPSA) is 18.5 Å². The summed E-state index contributed by atoms with van der Waals surface area (Å²) in [6.45, 7) is 11.6. The minimum atomic E-state index is 0.229. The van der Waals surface area contributed by atoms with Gasteiger partial charge in [0.25, 0.3) is 0 Å². The first kappa shape index (κ1) is 17.9. The van der Waals surface area contributed by atoms with Gasteiger partial charge in [0.05, 0.1) is 0 Å². The van der Waals surface area contributed by atoms with E-state index in [0.717, 1.165) is 6.54 Å². The summed E-state index contributed by atoms with van der Waals surface area (Å²) < 4.78 is 0. The van der Waals surface area contributed by atoms with Gasteiger partial charge < -0.3 is 15.1 Å². The maximum absolute atomic E-state index is 3.77. The number of nitrogens with zero attached hydrogens (tertiary/aromatic N) is 2. The molecule has 0 amide bonds. The Bertz CT molecular complexity index is 262. The number of hydrogen-bond donors (Lipinski definition) is 1. The normalized spacial score (nSPS) is 19.8. The lowest BCUT2D eigenvalue weighted by atomic mass is 9.73. The molecule has 0 unspecified atom stereocenters. The molecule has 0 bridgehead atoms. The Morgan fingerprint density at radius 1 is 0.950 bits per heavy atom. The molecule has 0 saturated heterocycles. The van der Waals surface area contributed by atoms with Crippen LogP contribution in [0, 0.1) is 5.41 Å². The van der Waals surface area contributed by atoms with Gasteiger partial charge in [0, 0.05) is 31.7 Å². The van der Waals surface area contributed by atoms with Crippen LogP contribution >= 0.6 is 0 Å². The van der Waals surface area contributed by atoms with E-state index in [9.17, 15) is 0 Å². The van der Waals surface area contributed by atoms with Gasteiger partial charge >= 0.3 is 0 Å². The van der Waals surface area contributed by atoms with Crippen molar-refractivity contribution in [2.45, 2.75) is 58.4 Å². The third-order valence-corrected chi connectivity index (χ3v) is 4.44. The summed E-state index contributed by atoms with van der Waals surface area (Å²) in [5.74, 6) is 0. The summed E-state index contributed by atoms with van der Waals surface area (Å²) in [5.41, 5.74) is 0.721. The molecule has 1 fully saturated rings. The average molecular weight is 284 g/mol. The summed E-state index contributed by atoms with van der Waals surface area (Å²) in [4.78, 5) is 4.81. The van der Waals surface area contributed by atoms with Crippen LogP contribution < -0.4 is 5.32 Å². The zero-order chi connectivity index (χ0) is 15.2. The van der Waals surface area contributed by atoms with Gasteiger partial charge in [-0.2, -0.15) is 0 Å². The first-order valence-corrected chi connectivity index (χ1v) is 8.31. The van der Waals surface area contributed by atoms with E-state index in [0.29, 0.717) is 5.41 Å². The summed E-state index contributed by atoms with van der Waals surface area (Å²) in [5, 5.41) is 3.77. The molecule has 0 heterocycles. The molecule has 120 valence electrons. The van der Waals surface area contributed by atoms with E-state index in [1.807, 2.05) is 0 Å². The van der Waals surface area contributed by atoms with Gasteiger partial charge in [-0.05, 0) is 60.2 Å². The van der Waals surface area contributed by atoms with E-state index >= 15 is 0 Å². The summed E-state index contributed by atoms with van der Waals surface area (Å²) >= 11 is 0. The van der Waals surface area contributed by atoms with Gasteiger partial charge in [-0.3, -0.25) is 0 Å². The largest absolute Gasteiger partial charge is 0.311 e. The van der Waals surface area contributed by atoms with Gasteiger partial charge in [0.1, 0.15) is 0 Å². The molecule has 0 aliphatic heterocycles. The second-order valence-electron chi connectivity index (χ2n) is 8.21. The fourth-order valence-corrected chi connectivity index (χ4v) is 3.17. The van der Waals surface area contributed by atoms with Crippen molar-refractivity contribution in [3.05, 3.63) is 0 Å². The molecule has 3 heteroatoms. The number of likely N-dealkylation sites (N-methyl/N-ethyl adjacent to an activating group) is 2. The van der Waals surface area contributed by atoms with Crippen molar-refractivity contribution in [1.29, 1.82) is 0 Å². The minimum Gasteiger partial charge on any atom is -0.311 e. The van der Waals surface area contributed by atoms with E-state index in [1.54, 1.807) is 0 Å². The Balaban J connectivity index is 2.54. The molecule has 0 atom stereocenters. The first-order valence-electron chi connectivity index (χ1n) is 8.31. The van der Waals surface area contributed by atoms with Crippen molar-refractivity contribution in [3.8, 4) is 0 Å². The van der Waals surface area contributed by atoms with Gasteiger partial charge in [-0.25, -0.2) is 0 Å². The van der Waals surface area contributed by atoms with Crippen LogP contribution in [0.5, 0.6) is 0 Å². The molecule has 1 saturated carbocycles. The Hall–Kier alpha value is -0.120. The second kappa shape index (κ2) is 7.77. The SMILES string of the molecule is CN(C)CCN(C)CC1(CNC(C)(C)C)CCCCC1. The molecule has 0 aromatic rings. The summed E-state index contributed by atoms with van der Waals surface area (Å²) in [7, 11) is 6.60. The van der Waals surface area contributed by atoms with Crippen molar-refractivity contribution in [3.63, 3.8) is 0 Å². The van der Waals surface area contributed by atoms with Crippen LogP contribution in [0.3, 0.4) is 0 Å². The second-order valence-corrected chi connectivity index (χ2v) is 8.21. The minimum absolute atomic E-state index is 0.229. The molecule has 0 spiro atoms. The van der Waals surface area contributed by atoms with Crippen LogP contribution in [0.2, 0.25) is 0 Å². The first-order chi connectivity index (χ1) is 9.22. The molecule has 0 radical (unpaired) electrons. The lowest BCUT2D eigenvalue weighted by Crippen LogP contribution is -2.49. The number of hydrogen-bond acceptors (Lipinski definition) is 3. The van der Waals surface area contributed by atoms with E-state index in [2.05, 4.69) is 57.0 Å². The monoisotopic (exact) mass is 283 g/mol. The van der Waals surface area contributed by atoms with Crippen LogP contribution in [-0.4, -0.2) is 62.7 Å². The molecular formula is C17H37N3. The Morgan fingerprint density at radius 2 is 1.55 bits per heavy atom. The highest BCUT2D eigenvalue weighted by molar-refractivity contribution is 4.89. The molecule has 1 N–H and O–H groups in total. The third kappa shape index (κ3) is 7.05. The molecule has 1 aliphatic carbocycles. The van der Waals surface area contributed by atoms with Crippen LogP contribution in [0.1, 0.15) is 52.9 Å². The Morgan fingerprint density at radius 3 is 2.05 bits per heavy atom. The van der Waals surface area contributed by atoms with Gasteiger partial charge in [-0.15, -0.1) is 0 Å². The molecule has 0 aromatic heterocycles. The number of rotatable bonds is 7. The highest BCUT2D eigenvalue weighted by atomic mass is 15.2. The lowest BCUT2D eigenvalue weighted by molar-refractivity contribution is 0.105. The standard InChI is InChI=1S/C17H37N3/c1-16(2,3)18-14-17(10-8-7-9-11-17)15-20(6)13-12-19(4)5/h18H,7-15H2,1-6H3. The quantitative estimate of drug-likeness (QED) is 0.775. The average Bonchev–Trinajstić information content (AvgIpc) is 2.34. The van der Waals surface area contributed by atoms with Gasteiger partial charge in [-0.1, -0.05) is 19.3 Å². The Labute approximate surface area is 127 Å². The zero-order valence-corrected chi connectivity index (χ0v) is 14.8. The molecular weight excluding hydrogens is 246 g/mol. The highest BCUT2D eigenvalue weighted by Crippen LogP contribution is 2.36. The predicted molar refractivity (Wildman–Crippen MR) is 89.3 cm³/mol. The van der Waals surface area contributed by atoms with Crippen LogP contribution in [0.4, 0.5) is 0 Å². The predicted octanol–water partition coefficient (Wildman–Crippen LogP) is 2.82. The van der Waals surface area contributed by atoms with Crippen LogP contribution in [-0.2, 0) is 0 Å². The van der Waals surface area contributed by atoms with E-state index in [1.165, 1.54) is 51.7 Å². The maximum Gasteiger partial charge on any atom is 0.0106 e.